The second kappa shape index (κ2) is 8.27. The van der Waals surface area contributed by atoms with Crippen molar-refractivity contribution >= 4 is 23.4 Å². The Hall–Kier alpha value is -2.07. The summed E-state index contributed by atoms with van der Waals surface area (Å²) in [4.78, 5) is 22.2. The van der Waals surface area contributed by atoms with E-state index >= 15 is 0 Å². The summed E-state index contributed by atoms with van der Waals surface area (Å²) in [7, 11) is 0. The molecular formula is C14H16N2O4S. The van der Waals surface area contributed by atoms with Gasteiger partial charge in [0.05, 0.1) is 17.1 Å². The molecule has 1 atom stereocenters. The van der Waals surface area contributed by atoms with Crippen LogP contribution in [0.3, 0.4) is 0 Å². The van der Waals surface area contributed by atoms with Crippen LogP contribution in [-0.2, 0) is 9.53 Å². The highest BCUT2D eigenvalue weighted by atomic mass is 32.2. The maximum absolute atomic E-state index is 11.3. The van der Waals surface area contributed by atoms with Crippen molar-refractivity contribution in [3.8, 4) is 6.07 Å². The molecular weight excluding hydrogens is 292 g/mol. The summed E-state index contributed by atoms with van der Waals surface area (Å²) in [6, 6.07) is 6.38. The number of carbonyl (C=O) groups excluding carboxylic acids is 1. The molecule has 0 amide bonds. The van der Waals surface area contributed by atoms with E-state index in [1.165, 1.54) is 23.9 Å². The quantitative estimate of drug-likeness (QED) is 0.332. The van der Waals surface area contributed by atoms with Gasteiger partial charge in [-0.1, -0.05) is 13.0 Å². The second-order valence-electron chi connectivity index (χ2n) is 4.29. The van der Waals surface area contributed by atoms with Crippen LogP contribution in [-0.4, -0.2) is 22.7 Å². The van der Waals surface area contributed by atoms with E-state index in [1.807, 2.05) is 13.0 Å². The molecule has 1 rings (SSSR count). The highest BCUT2D eigenvalue weighted by Gasteiger charge is 2.20. The third-order valence-corrected chi connectivity index (χ3v) is 3.99. The van der Waals surface area contributed by atoms with Gasteiger partial charge in [-0.05, 0) is 19.4 Å². The molecule has 0 aliphatic heterocycles. The lowest BCUT2D eigenvalue weighted by Gasteiger charge is -2.12. The molecule has 0 unspecified atom stereocenters. The van der Waals surface area contributed by atoms with E-state index in [0.717, 1.165) is 0 Å². The summed E-state index contributed by atoms with van der Waals surface area (Å²) < 4.78 is 4.84. The Morgan fingerprint density at radius 3 is 2.86 bits per heavy atom. The molecule has 0 heterocycles. The number of hydrogen-bond acceptors (Lipinski definition) is 6. The number of hydrogen-bond donors (Lipinski definition) is 0. The smallest absolute Gasteiger partial charge is 0.305 e. The summed E-state index contributed by atoms with van der Waals surface area (Å²) in [5.74, 6) is -0.284. The van der Waals surface area contributed by atoms with Crippen molar-refractivity contribution in [1.29, 1.82) is 5.26 Å². The fourth-order valence-corrected chi connectivity index (χ4v) is 2.84. The first-order valence-corrected chi connectivity index (χ1v) is 7.37. The third-order valence-electron chi connectivity index (χ3n) is 2.69. The van der Waals surface area contributed by atoms with Gasteiger partial charge >= 0.3 is 5.97 Å². The first kappa shape index (κ1) is 17.0. The van der Waals surface area contributed by atoms with Crippen LogP contribution in [0.2, 0.25) is 0 Å². The molecule has 0 aromatic heterocycles. The number of benzene rings is 1. The van der Waals surface area contributed by atoms with E-state index in [4.69, 9.17) is 10.00 Å². The van der Waals surface area contributed by atoms with Crippen LogP contribution >= 0.6 is 11.8 Å². The molecule has 6 nitrogen and oxygen atoms in total. The number of thioether (sulfide) groups is 1. The summed E-state index contributed by atoms with van der Waals surface area (Å²) in [5, 5.41) is 20.1. The molecule has 0 saturated heterocycles. The number of carbonyl (C=O) groups is 1. The molecule has 7 heteroatoms. The summed E-state index contributed by atoms with van der Waals surface area (Å²) >= 11 is 1.24. The summed E-state index contributed by atoms with van der Waals surface area (Å²) in [6.45, 7) is 3.94. The normalized spacial score (nSPS) is 11.5. The molecule has 0 fully saturated rings. The van der Waals surface area contributed by atoms with E-state index in [2.05, 4.69) is 0 Å². The molecule has 0 radical (unpaired) electrons. The maximum atomic E-state index is 11.3. The minimum absolute atomic E-state index is 0.0393. The Morgan fingerprint density at radius 2 is 2.29 bits per heavy atom. The van der Waals surface area contributed by atoms with Crippen molar-refractivity contribution in [2.45, 2.75) is 36.8 Å². The SMILES string of the molecule is CCOC(=O)CC[C@H](C)Sc1c(C#N)cccc1[N+](=O)[O-]. The van der Waals surface area contributed by atoms with Gasteiger partial charge in [-0.15, -0.1) is 11.8 Å². The zero-order chi connectivity index (χ0) is 15.8. The van der Waals surface area contributed by atoms with Crippen molar-refractivity contribution < 1.29 is 14.5 Å². The molecule has 0 aliphatic rings. The number of nitriles is 1. The van der Waals surface area contributed by atoms with Gasteiger partial charge in [0.15, 0.2) is 0 Å². The lowest BCUT2D eigenvalue weighted by molar-refractivity contribution is -0.387. The number of nitro groups is 1. The predicted octanol–water partition coefficient (Wildman–Crippen LogP) is 3.29. The molecule has 0 N–H and O–H groups in total. The molecule has 1 aromatic rings. The third kappa shape index (κ3) is 5.08. The van der Waals surface area contributed by atoms with Crippen molar-refractivity contribution in [2.24, 2.45) is 0 Å². The van der Waals surface area contributed by atoms with E-state index in [9.17, 15) is 14.9 Å². The van der Waals surface area contributed by atoms with Crippen LogP contribution in [0.15, 0.2) is 23.1 Å². The van der Waals surface area contributed by atoms with Crippen LogP contribution in [0, 0.1) is 21.4 Å². The molecule has 0 spiro atoms. The lowest BCUT2D eigenvalue weighted by Crippen LogP contribution is -2.07. The van der Waals surface area contributed by atoms with E-state index in [-0.39, 0.29) is 28.9 Å². The van der Waals surface area contributed by atoms with Gasteiger partial charge in [0.25, 0.3) is 5.69 Å². The fraction of sp³-hybridized carbons (Fsp3) is 0.429. The first-order chi connectivity index (χ1) is 9.99. The summed E-state index contributed by atoms with van der Waals surface area (Å²) in [5.41, 5.74) is 0.194. The van der Waals surface area contributed by atoms with Crippen molar-refractivity contribution in [2.75, 3.05) is 6.61 Å². The lowest BCUT2D eigenvalue weighted by atomic mass is 10.2. The number of ether oxygens (including phenoxy) is 1. The van der Waals surface area contributed by atoms with Gasteiger partial charge in [0.1, 0.15) is 11.0 Å². The van der Waals surface area contributed by atoms with E-state index < -0.39 is 4.92 Å². The monoisotopic (exact) mass is 308 g/mol. The molecule has 112 valence electrons. The van der Waals surface area contributed by atoms with Crippen molar-refractivity contribution in [1.82, 2.24) is 0 Å². The van der Waals surface area contributed by atoms with Gasteiger partial charge < -0.3 is 4.74 Å². The van der Waals surface area contributed by atoms with Crippen LogP contribution in [0.1, 0.15) is 32.3 Å². The zero-order valence-corrected chi connectivity index (χ0v) is 12.7. The molecule has 21 heavy (non-hydrogen) atoms. The van der Waals surface area contributed by atoms with Crippen LogP contribution in [0.5, 0.6) is 0 Å². The van der Waals surface area contributed by atoms with Crippen LogP contribution in [0.25, 0.3) is 0 Å². The Balaban J connectivity index is 2.80. The number of rotatable bonds is 7. The Bertz CT molecular complexity index is 569. The molecule has 0 aliphatic carbocycles. The number of nitro benzene ring substituents is 1. The highest BCUT2D eigenvalue weighted by Crippen LogP contribution is 2.36. The standard InChI is InChI=1S/C14H16N2O4S/c1-3-20-13(17)8-7-10(2)21-14-11(9-15)5-4-6-12(14)16(18)19/h4-6,10H,3,7-8H2,1-2H3/t10-/m0/s1. The second-order valence-corrected chi connectivity index (χ2v) is 5.74. The molecule has 1 aromatic carbocycles. The van der Waals surface area contributed by atoms with E-state index in [0.29, 0.717) is 17.9 Å². The van der Waals surface area contributed by atoms with Gasteiger partial charge in [0, 0.05) is 17.7 Å². The van der Waals surface area contributed by atoms with Gasteiger partial charge in [-0.2, -0.15) is 5.26 Å². The molecule has 0 bridgehead atoms. The minimum Gasteiger partial charge on any atom is -0.466 e. The van der Waals surface area contributed by atoms with Crippen molar-refractivity contribution in [3.63, 3.8) is 0 Å². The van der Waals surface area contributed by atoms with Crippen molar-refractivity contribution in [3.05, 3.63) is 33.9 Å². The highest BCUT2D eigenvalue weighted by molar-refractivity contribution is 8.00. The number of nitrogens with zero attached hydrogens (tertiary/aromatic N) is 2. The minimum atomic E-state index is -0.499. The van der Waals surface area contributed by atoms with Gasteiger partial charge in [-0.25, -0.2) is 0 Å². The average Bonchev–Trinajstić information content (AvgIpc) is 2.45. The average molecular weight is 308 g/mol. The Kier molecular flexibility index (Phi) is 6.69. The number of esters is 1. The van der Waals surface area contributed by atoms with Crippen LogP contribution < -0.4 is 0 Å². The Labute approximate surface area is 127 Å². The topological polar surface area (TPSA) is 93.2 Å². The summed E-state index contributed by atoms with van der Waals surface area (Å²) in [6.07, 6.45) is 0.783. The molecule has 0 saturated carbocycles. The zero-order valence-electron chi connectivity index (χ0n) is 11.9. The van der Waals surface area contributed by atoms with E-state index in [1.54, 1.807) is 13.0 Å². The van der Waals surface area contributed by atoms with Gasteiger partial charge in [0.2, 0.25) is 0 Å². The fourth-order valence-electron chi connectivity index (χ4n) is 1.69. The van der Waals surface area contributed by atoms with Gasteiger partial charge in [-0.3, -0.25) is 14.9 Å². The largest absolute Gasteiger partial charge is 0.466 e. The first-order valence-electron chi connectivity index (χ1n) is 6.49. The van der Waals surface area contributed by atoms with Crippen LogP contribution in [0.4, 0.5) is 5.69 Å². The maximum Gasteiger partial charge on any atom is 0.305 e. The Morgan fingerprint density at radius 1 is 1.57 bits per heavy atom. The predicted molar refractivity (Wildman–Crippen MR) is 79.0 cm³/mol.